The molecule has 0 saturated carbocycles. The third kappa shape index (κ3) is 5.04. The number of benzene rings is 1. The van der Waals surface area contributed by atoms with E-state index in [4.69, 9.17) is 18.9 Å². The molecule has 0 unspecified atom stereocenters. The maximum absolute atomic E-state index is 12.4. The van der Waals surface area contributed by atoms with Gasteiger partial charge in [0.25, 0.3) is 0 Å². The Labute approximate surface area is 176 Å². The topological polar surface area (TPSA) is 196 Å². The van der Waals surface area contributed by atoms with Gasteiger partial charge in [0.1, 0.15) is 42.7 Å². The van der Waals surface area contributed by atoms with Gasteiger partial charge in [-0.25, -0.2) is 4.79 Å². The van der Waals surface area contributed by atoms with Crippen molar-refractivity contribution in [2.24, 2.45) is 0 Å². The maximum atomic E-state index is 12.4. The van der Waals surface area contributed by atoms with Crippen LogP contribution in [0.2, 0.25) is 0 Å². The van der Waals surface area contributed by atoms with E-state index in [1.807, 2.05) is 0 Å². The summed E-state index contributed by atoms with van der Waals surface area (Å²) in [5, 5.41) is 69.6. The molecular weight excluding hydrogens is 420 g/mol. The number of carbonyl (C=O) groups excluding carboxylic acids is 1. The third-order valence-electron chi connectivity index (χ3n) is 5.20. The number of esters is 1. The van der Waals surface area contributed by atoms with Crippen LogP contribution in [0.15, 0.2) is 30.3 Å². The molecule has 2 fully saturated rings. The van der Waals surface area contributed by atoms with Crippen molar-refractivity contribution in [3.8, 4) is 0 Å². The van der Waals surface area contributed by atoms with Gasteiger partial charge in [-0.15, -0.1) is 0 Å². The van der Waals surface area contributed by atoms with E-state index in [2.05, 4.69) is 0 Å². The highest BCUT2D eigenvalue weighted by Crippen LogP contribution is 2.30. The Hall–Kier alpha value is -1.71. The van der Waals surface area contributed by atoms with Crippen LogP contribution in [0.4, 0.5) is 0 Å². The molecule has 2 aliphatic rings. The SMILES string of the molecule is O=C(O[C@@H]1[C@@H](O)[C@@H](O[C@H]2[C@H](O)[C@@H](O)[C@H](O)O[C@@H]2CO)O[C@H](CO)[C@H]1O)c1ccccc1. The second-order valence-corrected chi connectivity index (χ2v) is 7.27. The van der Waals surface area contributed by atoms with Crippen LogP contribution in [-0.2, 0) is 18.9 Å². The highest BCUT2D eigenvalue weighted by atomic mass is 16.7. The molecule has 0 amide bonds. The summed E-state index contributed by atoms with van der Waals surface area (Å²) in [6.45, 7) is -1.44. The number of ether oxygens (including phenoxy) is 4. The Morgan fingerprint density at radius 1 is 0.806 bits per heavy atom. The summed E-state index contributed by atoms with van der Waals surface area (Å²) in [5.74, 6) is -0.853. The largest absolute Gasteiger partial charge is 0.453 e. The van der Waals surface area contributed by atoms with Gasteiger partial charge in [-0.2, -0.15) is 0 Å². The Kier molecular flexibility index (Phi) is 7.93. The molecule has 0 aliphatic carbocycles. The normalized spacial score (nSPS) is 41.0. The first-order chi connectivity index (χ1) is 14.8. The molecule has 174 valence electrons. The van der Waals surface area contributed by atoms with Crippen molar-refractivity contribution in [1.82, 2.24) is 0 Å². The van der Waals surface area contributed by atoms with E-state index in [0.717, 1.165) is 0 Å². The standard InChI is InChI=1S/C19H26O12/c20-6-9-11(22)16(30-17(26)8-4-2-1-3-5-8)14(25)19(29-9)31-15-10(7-21)28-18(27)13(24)12(15)23/h1-5,9-16,18-25,27H,6-7H2/t9-,10-,11-,12-,13-,14-,15-,16+,18-,19-/m1/s1. The summed E-state index contributed by atoms with van der Waals surface area (Å²) >= 11 is 0. The van der Waals surface area contributed by atoms with Gasteiger partial charge >= 0.3 is 5.97 Å². The van der Waals surface area contributed by atoms with E-state index in [1.54, 1.807) is 18.2 Å². The lowest BCUT2D eigenvalue weighted by Gasteiger charge is -2.45. The Balaban J connectivity index is 1.78. The van der Waals surface area contributed by atoms with Crippen LogP contribution < -0.4 is 0 Å². The van der Waals surface area contributed by atoms with Gasteiger partial charge in [-0.1, -0.05) is 18.2 Å². The first kappa shape index (κ1) is 23.9. The number of hydrogen-bond donors (Lipinski definition) is 7. The van der Waals surface area contributed by atoms with Crippen molar-refractivity contribution in [3.63, 3.8) is 0 Å². The summed E-state index contributed by atoms with van der Waals surface area (Å²) in [7, 11) is 0. The molecule has 0 radical (unpaired) electrons. The van der Waals surface area contributed by atoms with E-state index in [0.29, 0.717) is 0 Å². The van der Waals surface area contributed by atoms with Crippen molar-refractivity contribution in [2.75, 3.05) is 13.2 Å². The first-order valence-electron chi connectivity index (χ1n) is 9.63. The fraction of sp³-hybridized carbons (Fsp3) is 0.632. The first-order valence-corrected chi connectivity index (χ1v) is 9.63. The van der Waals surface area contributed by atoms with E-state index < -0.39 is 80.6 Å². The van der Waals surface area contributed by atoms with E-state index in [1.165, 1.54) is 12.1 Å². The number of hydrogen-bond acceptors (Lipinski definition) is 12. The molecule has 1 aromatic carbocycles. The highest BCUT2D eigenvalue weighted by Gasteiger charge is 2.51. The smallest absolute Gasteiger partial charge is 0.338 e. The lowest BCUT2D eigenvalue weighted by molar-refractivity contribution is -0.354. The van der Waals surface area contributed by atoms with Crippen molar-refractivity contribution >= 4 is 5.97 Å². The van der Waals surface area contributed by atoms with Gasteiger partial charge in [0.2, 0.25) is 0 Å². The second-order valence-electron chi connectivity index (χ2n) is 7.27. The van der Waals surface area contributed by atoms with Crippen LogP contribution in [0.1, 0.15) is 10.4 Å². The number of aliphatic hydroxyl groups is 7. The minimum atomic E-state index is -1.78. The second kappa shape index (κ2) is 10.3. The minimum Gasteiger partial charge on any atom is -0.453 e. The van der Waals surface area contributed by atoms with E-state index in [-0.39, 0.29) is 5.56 Å². The highest BCUT2D eigenvalue weighted by molar-refractivity contribution is 5.89. The average molecular weight is 446 g/mol. The van der Waals surface area contributed by atoms with Crippen LogP contribution in [0.25, 0.3) is 0 Å². The Morgan fingerprint density at radius 2 is 1.45 bits per heavy atom. The molecule has 10 atom stereocenters. The molecule has 1 aromatic rings. The van der Waals surface area contributed by atoms with Gasteiger partial charge in [-0.05, 0) is 12.1 Å². The molecule has 0 aromatic heterocycles. The number of aliphatic hydroxyl groups excluding tert-OH is 7. The molecule has 2 heterocycles. The van der Waals surface area contributed by atoms with Gasteiger partial charge in [0.15, 0.2) is 18.7 Å². The maximum Gasteiger partial charge on any atom is 0.338 e. The fourth-order valence-electron chi connectivity index (χ4n) is 3.46. The molecule has 12 heteroatoms. The van der Waals surface area contributed by atoms with Gasteiger partial charge in [0.05, 0.1) is 18.8 Å². The van der Waals surface area contributed by atoms with Crippen LogP contribution in [0.3, 0.4) is 0 Å². The number of rotatable bonds is 6. The average Bonchev–Trinajstić information content (AvgIpc) is 2.78. The molecule has 0 bridgehead atoms. The van der Waals surface area contributed by atoms with E-state index >= 15 is 0 Å². The van der Waals surface area contributed by atoms with Crippen LogP contribution in [0.5, 0.6) is 0 Å². The van der Waals surface area contributed by atoms with Crippen molar-refractivity contribution in [1.29, 1.82) is 0 Å². The molecule has 31 heavy (non-hydrogen) atoms. The predicted molar refractivity (Wildman–Crippen MR) is 98.3 cm³/mol. The van der Waals surface area contributed by atoms with E-state index in [9.17, 15) is 40.5 Å². The van der Waals surface area contributed by atoms with Crippen molar-refractivity contribution in [3.05, 3.63) is 35.9 Å². The summed E-state index contributed by atoms with van der Waals surface area (Å²) in [6.07, 6.45) is -16.0. The van der Waals surface area contributed by atoms with Gasteiger partial charge < -0.3 is 54.7 Å². The predicted octanol–water partition coefficient (Wildman–Crippen LogP) is -3.53. The van der Waals surface area contributed by atoms with Crippen molar-refractivity contribution < 1.29 is 59.5 Å². The van der Waals surface area contributed by atoms with Crippen LogP contribution >= 0.6 is 0 Å². The molecule has 3 rings (SSSR count). The zero-order chi connectivity index (χ0) is 22.7. The Morgan fingerprint density at radius 3 is 2.06 bits per heavy atom. The quantitative estimate of drug-likeness (QED) is 0.213. The molecular formula is C19H26O12. The molecule has 0 spiro atoms. The zero-order valence-corrected chi connectivity index (χ0v) is 16.2. The van der Waals surface area contributed by atoms with Gasteiger partial charge in [-0.3, -0.25) is 0 Å². The molecule has 2 saturated heterocycles. The van der Waals surface area contributed by atoms with Crippen molar-refractivity contribution in [2.45, 2.75) is 61.4 Å². The van der Waals surface area contributed by atoms with Gasteiger partial charge in [0, 0.05) is 0 Å². The molecule has 2 aliphatic heterocycles. The minimum absolute atomic E-state index is 0.153. The fourth-order valence-corrected chi connectivity index (χ4v) is 3.46. The monoisotopic (exact) mass is 446 g/mol. The summed E-state index contributed by atoms with van der Waals surface area (Å²) in [4.78, 5) is 12.4. The lowest BCUT2D eigenvalue weighted by Crippen LogP contribution is -2.65. The van der Waals surface area contributed by atoms with Crippen LogP contribution in [-0.4, -0.2) is 116 Å². The third-order valence-corrected chi connectivity index (χ3v) is 5.20. The van der Waals surface area contributed by atoms with Crippen LogP contribution in [0, 0.1) is 0 Å². The molecule has 12 nitrogen and oxygen atoms in total. The lowest BCUT2D eigenvalue weighted by atomic mass is 9.97. The molecule has 7 N–H and O–H groups in total. The summed E-state index contributed by atoms with van der Waals surface area (Å²) in [5.41, 5.74) is 0.153. The Bertz CT molecular complexity index is 715. The summed E-state index contributed by atoms with van der Waals surface area (Å²) in [6, 6.07) is 7.80. The number of carbonyl (C=O) groups is 1. The summed E-state index contributed by atoms with van der Waals surface area (Å²) < 4.78 is 21.0. The zero-order valence-electron chi connectivity index (χ0n) is 16.2.